The Morgan fingerprint density at radius 2 is 2.00 bits per heavy atom. The predicted molar refractivity (Wildman–Crippen MR) is 43.6 cm³/mol. The third kappa shape index (κ3) is 2.57. The Morgan fingerprint density at radius 3 is 2.54 bits per heavy atom. The van der Waals surface area contributed by atoms with Crippen molar-refractivity contribution in [1.82, 2.24) is 0 Å². The van der Waals surface area contributed by atoms with Crippen molar-refractivity contribution in [2.24, 2.45) is 0 Å². The van der Waals surface area contributed by atoms with Crippen LogP contribution in [0.3, 0.4) is 0 Å². The second-order valence-electron chi connectivity index (χ2n) is 3.12. The number of aliphatic hydroxyl groups excluding tert-OH is 1. The zero-order chi connectivity index (χ0) is 9.84. The molecule has 5 nitrogen and oxygen atoms in total. The monoisotopic (exact) mass is 190 g/mol. The number of rotatable bonds is 2. The fourth-order valence-electron chi connectivity index (χ4n) is 1.62. The van der Waals surface area contributed by atoms with E-state index in [-0.39, 0.29) is 6.10 Å². The van der Waals surface area contributed by atoms with Gasteiger partial charge in [0.1, 0.15) is 12.2 Å². The van der Waals surface area contributed by atoms with E-state index in [1.807, 2.05) is 0 Å². The average molecular weight is 190 g/mol. The molecule has 3 unspecified atom stereocenters. The molecular weight excluding hydrogens is 176 g/mol. The first-order valence-corrected chi connectivity index (χ1v) is 4.25. The van der Waals surface area contributed by atoms with Crippen LogP contribution in [0.4, 0.5) is 4.79 Å². The van der Waals surface area contributed by atoms with Crippen LogP contribution >= 0.6 is 0 Å². The Labute approximate surface area is 76.3 Å². The van der Waals surface area contributed by atoms with E-state index in [0.29, 0.717) is 6.42 Å². The van der Waals surface area contributed by atoms with Crippen molar-refractivity contribution in [1.29, 1.82) is 0 Å². The second-order valence-corrected chi connectivity index (χ2v) is 3.12. The summed E-state index contributed by atoms with van der Waals surface area (Å²) < 4.78 is 9.51. The second kappa shape index (κ2) is 4.43. The number of hydrogen-bond acceptors (Lipinski definition) is 4. The number of methoxy groups -OCH3 is 1. The van der Waals surface area contributed by atoms with Crippen LogP contribution in [0.25, 0.3) is 0 Å². The van der Waals surface area contributed by atoms with Gasteiger partial charge in [0.2, 0.25) is 0 Å². The Bertz CT molecular complexity index is 181. The summed E-state index contributed by atoms with van der Waals surface area (Å²) in [6, 6.07) is 0. The zero-order valence-electron chi connectivity index (χ0n) is 7.47. The van der Waals surface area contributed by atoms with Crippen molar-refractivity contribution >= 4 is 6.16 Å². The molecule has 1 fully saturated rings. The number of carboxylic acid groups (broad SMARTS) is 1. The first kappa shape index (κ1) is 10.3. The maximum absolute atomic E-state index is 10.2. The molecule has 0 aromatic heterocycles. The van der Waals surface area contributed by atoms with E-state index in [1.165, 1.54) is 7.11 Å². The van der Waals surface area contributed by atoms with E-state index in [4.69, 9.17) is 9.84 Å². The SMILES string of the molecule is COC1CCCC(OC(=O)O)C1O. The lowest BCUT2D eigenvalue weighted by molar-refractivity contribution is -0.109. The van der Waals surface area contributed by atoms with Crippen molar-refractivity contribution < 1.29 is 24.5 Å². The summed E-state index contributed by atoms with van der Waals surface area (Å²) in [5, 5.41) is 17.9. The molecule has 0 aromatic rings. The van der Waals surface area contributed by atoms with Gasteiger partial charge in [-0.2, -0.15) is 0 Å². The van der Waals surface area contributed by atoms with E-state index in [2.05, 4.69) is 4.74 Å². The molecule has 0 heterocycles. The molecule has 0 saturated heterocycles. The topological polar surface area (TPSA) is 76.0 Å². The number of carbonyl (C=O) groups is 1. The molecule has 2 N–H and O–H groups in total. The molecule has 0 spiro atoms. The highest BCUT2D eigenvalue weighted by Gasteiger charge is 2.34. The minimum Gasteiger partial charge on any atom is -0.450 e. The first-order valence-electron chi connectivity index (χ1n) is 4.25. The van der Waals surface area contributed by atoms with Crippen molar-refractivity contribution in [3.63, 3.8) is 0 Å². The lowest BCUT2D eigenvalue weighted by Gasteiger charge is -2.32. The largest absolute Gasteiger partial charge is 0.506 e. The summed E-state index contributed by atoms with van der Waals surface area (Å²) in [6.07, 6.45) is -1.01. The molecule has 13 heavy (non-hydrogen) atoms. The number of hydrogen-bond donors (Lipinski definition) is 2. The molecule has 1 aliphatic rings. The highest BCUT2D eigenvalue weighted by atomic mass is 16.7. The Hall–Kier alpha value is -0.810. The molecule has 0 radical (unpaired) electrons. The zero-order valence-corrected chi connectivity index (χ0v) is 7.47. The van der Waals surface area contributed by atoms with E-state index in [1.54, 1.807) is 0 Å². The van der Waals surface area contributed by atoms with Crippen LogP contribution in [0.2, 0.25) is 0 Å². The Kier molecular flexibility index (Phi) is 3.50. The quantitative estimate of drug-likeness (QED) is 0.624. The van der Waals surface area contributed by atoms with Gasteiger partial charge in [0.25, 0.3) is 0 Å². The van der Waals surface area contributed by atoms with Crippen LogP contribution in [0.1, 0.15) is 19.3 Å². The molecule has 0 bridgehead atoms. The Morgan fingerprint density at radius 1 is 1.38 bits per heavy atom. The minimum atomic E-state index is -1.35. The van der Waals surface area contributed by atoms with Gasteiger partial charge in [0.05, 0.1) is 6.10 Å². The van der Waals surface area contributed by atoms with E-state index in [0.717, 1.165) is 12.8 Å². The number of aliphatic hydroxyl groups is 1. The van der Waals surface area contributed by atoms with E-state index < -0.39 is 18.4 Å². The average Bonchev–Trinajstić information content (AvgIpc) is 2.08. The van der Waals surface area contributed by atoms with Gasteiger partial charge in [-0.15, -0.1) is 0 Å². The summed E-state index contributed by atoms with van der Waals surface area (Å²) in [7, 11) is 1.50. The molecule has 3 atom stereocenters. The standard InChI is InChI=1S/C8H14O5/c1-12-5-3-2-4-6(7(5)9)13-8(10)11/h5-7,9H,2-4H2,1H3,(H,10,11). The summed E-state index contributed by atoms with van der Waals surface area (Å²) in [5.41, 5.74) is 0. The summed E-state index contributed by atoms with van der Waals surface area (Å²) in [4.78, 5) is 10.2. The van der Waals surface area contributed by atoms with Crippen LogP contribution in [0.15, 0.2) is 0 Å². The van der Waals surface area contributed by atoms with Gasteiger partial charge in [-0.25, -0.2) is 4.79 Å². The van der Waals surface area contributed by atoms with Crippen molar-refractivity contribution in [3.05, 3.63) is 0 Å². The van der Waals surface area contributed by atoms with Crippen LogP contribution in [0, 0.1) is 0 Å². The van der Waals surface area contributed by atoms with E-state index in [9.17, 15) is 9.90 Å². The maximum Gasteiger partial charge on any atom is 0.506 e. The number of ether oxygens (including phenoxy) is 2. The van der Waals surface area contributed by atoms with Crippen LogP contribution in [-0.4, -0.2) is 41.8 Å². The van der Waals surface area contributed by atoms with Gasteiger partial charge in [-0.3, -0.25) is 0 Å². The molecule has 5 heteroatoms. The van der Waals surface area contributed by atoms with Crippen LogP contribution in [0.5, 0.6) is 0 Å². The van der Waals surface area contributed by atoms with Crippen LogP contribution < -0.4 is 0 Å². The molecule has 1 saturated carbocycles. The van der Waals surface area contributed by atoms with Crippen molar-refractivity contribution in [3.8, 4) is 0 Å². The fraction of sp³-hybridized carbons (Fsp3) is 0.875. The molecule has 1 aliphatic carbocycles. The molecular formula is C8H14O5. The smallest absolute Gasteiger partial charge is 0.450 e. The molecule has 1 rings (SSSR count). The van der Waals surface area contributed by atoms with Gasteiger partial charge < -0.3 is 19.7 Å². The summed E-state index contributed by atoms with van der Waals surface area (Å²) >= 11 is 0. The molecule has 0 aromatic carbocycles. The third-order valence-electron chi connectivity index (χ3n) is 2.29. The predicted octanol–water partition coefficient (Wildman–Crippen LogP) is 0.609. The lowest BCUT2D eigenvalue weighted by Crippen LogP contribution is -2.44. The van der Waals surface area contributed by atoms with Gasteiger partial charge in [-0.1, -0.05) is 0 Å². The summed E-state index contributed by atoms with van der Waals surface area (Å²) in [6.45, 7) is 0. The molecule has 76 valence electrons. The molecule has 0 amide bonds. The lowest BCUT2D eigenvalue weighted by atomic mass is 9.92. The van der Waals surface area contributed by atoms with Gasteiger partial charge in [0, 0.05) is 7.11 Å². The third-order valence-corrected chi connectivity index (χ3v) is 2.29. The van der Waals surface area contributed by atoms with Gasteiger partial charge in [-0.05, 0) is 19.3 Å². The highest BCUT2D eigenvalue weighted by Crippen LogP contribution is 2.23. The Balaban J connectivity index is 2.49. The van der Waals surface area contributed by atoms with Crippen molar-refractivity contribution in [2.75, 3.05) is 7.11 Å². The van der Waals surface area contributed by atoms with E-state index >= 15 is 0 Å². The van der Waals surface area contributed by atoms with Crippen LogP contribution in [-0.2, 0) is 9.47 Å². The minimum absolute atomic E-state index is 0.307. The first-order chi connectivity index (χ1) is 6.15. The highest BCUT2D eigenvalue weighted by molar-refractivity contribution is 5.57. The maximum atomic E-state index is 10.2. The molecule has 0 aliphatic heterocycles. The van der Waals surface area contributed by atoms with Crippen molar-refractivity contribution in [2.45, 2.75) is 37.6 Å². The normalized spacial score (nSPS) is 34.2. The van der Waals surface area contributed by atoms with Gasteiger partial charge in [0.15, 0.2) is 0 Å². The fourth-order valence-corrected chi connectivity index (χ4v) is 1.62. The van der Waals surface area contributed by atoms with Gasteiger partial charge >= 0.3 is 6.16 Å². The summed E-state index contributed by atoms with van der Waals surface area (Å²) in [5.74, 6) is 0.